The Hall–Kier alpha value is -2.15. The molecular formula is C22H26O7. The highest BCUT2D eigenvalue weighted by molar-refractivity contribution is 5.93. The van der Waals surface area contributed by atoms with Crippen molar-refractivity contribution < 1.29 is 33.0 Å². The van der Waals surface area contributed by atoms with Gasteiger partial charge in [-0.05, 0) is 30.7 Å². The fourth-order valence-electron chi connectivity index (χ4n) is 6.53. The average Bonchev–Trinajstić information content (AvgIpc) is 3.12. The predicted molar refractivity (Wildman–Crippen MR) is 98.5 cm³/mol. The Balaban J connectivity index is 1.60. The van der Waals surface area contributed by atoms with Crippen LogP contribution in [0.4, 0.5) is 0 Å². The molecule has 0 radical (unpaired) electrons. The number of Topliss-reactive ketones (excluding diaryl/α,β-unsaturated/α-hetero) is 1. The van der Waals surface area contributed by atoms with Crippen molar-refractivity contribution in [3.8, 4) is 0 Å². The quantitative estimate of drug-likeness (QED) is 0.566. The van der Waals surface area contributed by atoms with Crippen LogP contribution in [0.25, 0.3) is 0 Å². The van der Waals surface area contributed by atoms with E-state index >= 15 is 0 Å². The van der Waals surface area contributed by atoms with Crippen LogP contribution in [-0.2, 0) is 28.6 Å². The summed E-state index contributed by atoms with van der Waals surface area (Å²) in [6.45, 7) is 3.77. The lowest BCUT2D eigenvalue weighted by atomic mass is 9.43. The fraction of sp³-hybridized carbons (Fsp3) is 0.682. The highest BCUT2D eigenvalue weighted by atomic mass is 16.6. The maximum atomic E-state index is 13.5. The van der Waals surface area contributed by atoms with Crippen LogP contribution in [0, 0.1) is 22.7 Å². The number of fused-ring (bicyclic) bond motifs is 3. The van der Waals surface area contributed by atoms with E-state index in [0.717, 1.165) is 24.8 Å². The minimum Gasteiger partial charge on any atom is -0.472 e. The van der Waals surface area contributed by atoms with E-state index in [9.17, 15) is 14.4 Å². The van der Waals surface area contributed by atoms with Gasteiger partial charge in [-0.1, -0.05) is 13.3 Å². The first-order chi connectivity index (χ1) is 13.9. The van der Waals surface area contributed by atoms with Gasteiger partial charge in [-0.3, -0.25) is 14.4 Å². The molecular weight excluding hydrogens is 376 g/mol. The third-order valence-electron chi connectivity index (χ3n) is 8.04. The number of rotatable bonds is 3. The molecule has 2 saturated heterocycles. The summed E-state index contributed by atoms with van der Waals surface area (Å²) in [4.78, 5) is 38.6. The predicted octanol–water partition coefficient (Wildman–Crippen LogP) is 2.98. The SMILES string of the molecule is CC(=O)OC[C@@]12C(=O)C[C@@H](C)[C@]3(C[C@@H](c4ccoc4)OC3=O)[C@H]1CCC[C@]21CO1. The Kier molecular flexibility index (Phi) is 4.01. The van der Waals surface area contributed by atoms with Crippen LogP contribution in [0.1, 0.15) is 57.6 Å². The summed E-state index contributed by atoms with van der Waals surface area (Å²) in [5, 5.41) is 0. The zero-order valence-corrected chi connectivity index (χ0v) is 16.8. The van der Waals surface area contributed by atoms with E-state index < -0.39 is 22.4 Å². The second kappa shape index (κ2) is 6.17. The molecule has 5 rings (SSSR count). The molecule has 29 heavy (non-hydrogen) atoms. The first kappa shape index (κ1) is 18.9. The number of carbonyl (C=O) groups is 3. The van der Waals surface area contributed by atoms with Crippen molar-refractivity contribution in [2.24, 2.45) is 22.7 Å². The molecule has 3 heterocycles. The number of epoxide rings is 1. The zero-order chi connectivity index (χ0) is 20.4. The summed E-state index contributed by atoms with van der Waals surface area (Å²) < 4.78 is 22.4. The summed E-state index contributed by atoms with van der Waals surface area (Å²) >= 11 is 0. The summed E-state index contributed by atoms with van der Waals surface area (Å²) in [5.74, 6) is -1.04. The smallest absolute Gasteiger partial charge is 0.313 e. The van der Waals surface area contributed by atoms with Gasteiger partial charge in [0.25, 0.3) is 0 Å². The topological polar surface area (TPSA) is 95.3 Å². The van der Waals surface area contributed by atoms with Gasteiger partial charge in [0, 0.05) is 25.3 Å². The van der Waals surface area contributed by atoms with Crippen LogP contribution in [0.5, 0.6) is 0 Å². The van der Waals surface area contributed by atoms with E-state index in [1.165, 1.54) is 6.92 Å². The summed E-state index contributed by atoms with van der Waals surface area (Å²) in [7, 11) is 0. The molecule has 2 saturated carbocycles. The van der Waals surface area contributed by atoms with Crippen molar-refractivity contribution in [3.05, 3.63) is 24.2 Å². The van der Waals surface area contributed by atoms with Crippen LogP contribution >= 0.6 is 0 Å². The van der Waals surface area contributed by atoms with Crippen LogP contribution in [0.2, 0.25) is 0 Å². The molecule has 1 aromatic rings. The van der Waals surface area contributed by atoms with E-state index in [1.54, 1.807) is 12.5 Å². The molecule has 0 N–H and O–H groups in total. The molecule has 1 aromatic heterocycles. The van der Waals surface area contributed by atoms with Crippen LogP contribution in [0.3, 0.4) is 0 Å². The number of hydrogen-bond donors (Lipinski definition) is 0. The molecule has 2 spiro atoms. The van der Waals surface area contributed by atoms with E-state index in [1.807, 2.05) is 13.0 Å². The minimum atomic E-state index is -0.978. The number of carbonyl (C=O) groups excluding carboxylic acids is 3. The molecule has 2 aliphatic carbocycles. The number of hydrogen-bond acceptors (Lipinski definition) is 7. The molecule has 6 atom stereocenters. The van der Waals surface area contributed by atoms with Crippen LogP contribution in [0.15, 0.2) is 23.0 Å². The van der Waals surface area contributed by atoms with E-state index in [-0.39, 0.29) is 42.7 Å². The Morgan fingerprint density at radius 2 is 2.14 bits per heavy atom. The lowest BCUT2D eigenvalue weighted by Gasteiger charge is -2.57. The first-order valence-corrected chi connectivity index (χ1v) is 10.4. The molecule has 4 aliphatic rings. The van der Waals surface area contributed by atoms with E-state index in [2.05, 4.69) is 0 Å². The highest BCUT2D eigenvalue weighted by Crippen LogP contribution is 2.69. The van der Waals surface area contributed by atoms with Crippen LogP contribution in [-0.4, -0.2) is 36.5 Å². The van der Waals surface area contributed by atoms with Gasteiger partial charge in [0.05, 0.1) is 30.0 Å². The first-order valence-electron chi connectivity index (χ1n) is 10.4. The second-order valence-corrected chi connectivity index (χ2v) is 9.20. The lowest BCUT2D eigenvalue weighted by Crippen LogP contribution is -2.66. The van der Waals surface area contributed by atoms with Gasteiger partial charge in [0.1, 0.15) is 24.1 Å². The molecule has 7 heteroatoms. The zero-order valence-electron chi connectivity index (χ0n) is 16.8. The van der Waals surface area contributed by atoms with Gasteiger partial charge in [-0.2, -0.15) is 0 Å². The van der Waals surface area contributed by atoms with Gasteiger partial charge >= 0.3 is 11.9 Å². The lowest BCUT2D eigenvalue weighted by molar-refractivity contribution is -0.188. The van der Waals surface area contributed by atoms with Crippen molar-refractivity contribution in [2.75, 3.05) is 13.2 Å². The summed E-state index contributed by atoms with van der Waals surface area (Å²) in [5.41, 5.74) is -1.56. The van der Waals surface area contributed by atoms with E-state index in [0.29, 0.717) is 13.0 Å². The minimum absolute atomic E-state index is 0.0238. The number of esters is 2. The Bertz CT molecular complexity index is 855. The van der Waals surface area contributed by atoms with Crippen molar-refractivity contribution in [1.29, 1.82) is 0 Å². The van der Waals surface area contributed by atoms with E-state index in [4.69, 9.17) is 18.6 Å². The third kappa shape index (κ3) is 2.37. The Morgan fingerprint density at radius 1 is 1.34 bits per heavy atom. The van der Waals surface area contributed by atoms with Gasteiger partial charge in [0.2, 0.25) is 0 Å². The number of cyclic esters (lactones) is 1. The van der Waals surface area contributed by atoms with Gasteiger partial charge in [0.15, 0.2) is 0 Å². The van der Waals surface area contributed by atoms with Gasteiger partial charge in [-0.15, -0.1) is 0 Å². The molecule has 156 valence electrons. The van der Waals surface area contributed by atoms with Crippen molar-refractivity contribution in [2.45, 2.75) is 57.7 Å². The fourth-order valence-corrected chi connectivity index (χ4v) is 6.53. The van der Waals surface area contributed by atoms with Gasteiger partial charge < -0.3 is 18.6 Å². The number of ether oxygens (including phenoxy) is 3. The number of furan rings is 1. The molecule has 0 bridgehead atoms. The third-order valence-corrected chi connectivity index (χ3v) is 8.04. The molecule has 0 aromatic carbocycles. The van der Waals surface area contributed by atoms with Crippen molar-refractivity contribution in [1.82, 2.24) is 0 Å². The summed E-state index contributed by atoms with van der Waals surface area (Å²) in [6.07, 6.45) is 5.89. The molecule has 0 unspecified atom stereocenters. The Morgan fingerprint density at radius 3 is 2.79 bits per heavy atom. The van der Waals surface area contributed by atoms with Crippen molar-refractivity contribution >= 4 is 17.7 Å². The molecule has 7 nitrogen and oxygen atoms in total. The largest absolute Gasteiger partial charge is 0.472 e. The Labute approximate surface area is 169 Å². The molecule has 2 aliphatic heterocycles. The van der Waals surface area contributed by atoms with Crippen LogP contribution < -0.4 is 0 Å². The maximum absolute atomic E-state index is 13.5. The number of ketones is 1. The standard InChI is InChI=1S/C22H26O7/c1-13-8-18(24)22(12-27-14(2)23)17(4-3-6-20(22)11-28-20)21(13)9-16(29-19(21)25)15-5-7-26-10-15/h5,7,10,13,16-17H,3-4,6,8-9,11-12H2,1-2H3/t13-,16+,17-,20+,21-,22+/m1/s1. The monoisotopic (exact) mass is 402 g/mol. The maximum Gasteiger partial charge on any atom is 0.313 e. The molecule has 4 fully saturated rings. The molecule has 0 amide bonds. The second-order valence-electron chi connectivity index (χ2n) is 9.20. The average molecular weight is 402 g/mol. The van der Waals surface area contributed by atoms with Crippen molar-refractivity contribution in [3.63, 3.8) is 0 Å². The highest BCUT2D eigenvalue weighted by Gasteiger charge is 2.77. The summed E-state index contributed by atoms with van der Waals surface area (Å²) in [6, 6.07) is 1.81. The van der Waals surface area contributed by atoms with Gasteiger partial charge in [-0.25, -0.2) is 0 Å². The normalized spacial score (nSPS) is 43.3.